The van der Waals surface area contributed by atoms with Crippen molar-refractivity contribution in [3.63, 3.8) is 0 Å². The molecule has 0 aliphatic rings. The Hall–Kier alpha value is -0.810. The van der Waals surface area contributed by atoms with Crippen molar-refractivity contribution < 1.29 is 8.78 Å². The first-order valence-corrected chi connectivity index (χ1v) is 5.21. The highest BCUT2D eigenvalue weighted by molar-refractivity contribution is 14.1. The normalized spacial score (nSPS) is 10.4. The highest BCUT2D eigenvalue weighted by Gasteiger charge is 2.17. The fraction of sp³-hybridized carbons (Fsp3) is 0.333. The molecule has 1 rings (SSSR count). The third-order valence-electron chi connectivity index (χ3n) is 1.91. The number of nitrogens with two attached hydrogens (primary N) is 1. The van der Waals surface area contributed by atoms with Crippen LogP contribution in [0.25, 0.3) is 0 Å². The minimum absolute atomic E-state index is 0.0893. The molecule has 0 radical (unpaired) electrons. The van der Waals surface area contributed by atoms with E-state index in [-0.39, 0.29) is 18.5 Å². The van der Waals surface area contributed by atoms with E-state index >= 15 is 0 Å². The summed E-state index contributed by atoms with van der Waals surface area (Å²) in [6.45, 7) is 0.114. The van der Waals surface area contributed by atoms with Crippen LogP contribution < -0.4 is 5.73 Å². The van der Waals surface area contributed by atoms with Crippen LogP contribution in [-0.4, -0.2) is 4.98 Å². The Morgan fingerprint density at radius 2 is 2.27 bits per heavy atom. The molecule has 1 aromatic heterocycles. The maximum absolute atomic E-state index is 12.5. The van der Waals surface area contributed by atoms with Gasteiger partial charge in [0.15, 0.2) is 0 Å². The molecule has 1 aromatic rings. The maximum atomic E-state index is 12.5. The van der Waals surface area contributed by atoms with Gasteiger partial charge >= 0.3 is 0 Å². The lowest BCUT2D eigenvalue weighted by molar-refractivity contribution is 0.150. The first kappa shape index (κ1) is 12.3. The van der Waals surface area contributed by atoms with Crippen LogP contribution in [0.4, 0.5) is 8.78 Å². The smallest absolute Gasteiger partial charge is 0.266 e. The van der Waals surface area contributed by atoms with Crippen LogP contribution in [0.15, 0.2) is 6.20 Å². The molecule has 0 amide bonds. The summed E-state index contributed by atoms with van der Waals surface area (Å²) in [6.07, 6.45) is -1.37. The van der Waals surface area contributed by atoms with Crippen molar-refractivity contribution in [1.29, 1.82) is 5.26 Å². The molecular formula is C9H8F2IN3. The van der Waals surface area contributed by atoms with Crippen molar-refractivity contribution in [2.45, 2.75) is 19.4 Å². The lowest BCUT2D eigenvalue weighted by Crippen LogP contribution is -2.09. The first-order valence-electron chi connectivity index (χ1n) is 4.13. The largest absolute Gasteiger partial charge is 0.326 e. The number of halogens is 3. The number of nitriles is 1. The fourth-order valence-electron chi connectivity index (χ4n) is 1.17. The zero-order chi connectivity index (χ0) is 11.4. The van der Waals surface area contributed by atoms with E-state index in [4.69, 9.17) is 11.0 Å². The quantitative estimate of drug-likeness (QED) is 0.867. The van der Waals surface area contributed by atoms with Crippen LogP contribution in [0, 0.1) is 14.9 Å². The monoisotopic (exact) mass is 323 g/mol. The van der Waals surface area contributed by atoms with Crippen molar-refractivity contribution in [3.8, 4) is 6.07 Å². The zero-order valence-electron chi connectivity index (χ0n) is 7.67. The van der Waals surface area contributed by atoms with Gasteiger partial charge in [-0.3, -0.25) is 4.98 Å². The molecule has 0 aromatic carbocycles. The van der Waals surface area contributed by atoms with Gasteiger partial charge in [-0.15, -0.1) is 0 Å². The minimum atomic E-state index is -2.56. The standard InChI is InChI=1S/C9H8F2IN3/c10-9(11)6-4-15-7(1-2-13)5(3-14)8(6)12/h4,9H,1,3,14H2. The number of hydrogen-bond donors (Lipinski definition) is 1. The summed E-state index contributed by atoms with van der Waals surface area (Å²) in [4.78, 5) is 3.83. The van der Waals surface area contributed by atoms with E-state index in [2.05, 4.69) is 4.98 Å². The van der Waals surface area contributed by atoms with Crippen LogP contribution >= 0.6 is 22.6 Å². The number of aromatic nitrogens is 1. The van der Waals surface area contributed by atoms with E-state index in [0.29, 0.717) is 14.8 Å². The van der Waals surface area contributed by atoms with Gasteiger partial charge < -0.3 is 5.73 Å². The lowest BCUT2D eigenvalue weighted by atomic mass is 10.1. The zero-order valence-corrected chi connectivity index (χ0v) is 9.83. The maximum Gasteiger partial charge on any atom is 0.266 e. The summed E-state index contributed by atoms with van der Waals surface area (Å²) in [5, 5.41) is 8.53. The lowest BCUT2D eigenvalue weighted by Gasteiger charge is -2.10. The molecule has 0 fully saturated rings. The molecular weight excluding hydrogens is 315 g/mol. The van der Waals surface area contributed by atoms with Gasteiger partial charge in [-0.2, -0.15) is 5.26 Å². The second kappa shape index (κ2) is 5.32. The summed E-state index contributed by atoms with van der Waals surface area (Å²) in [7, 11) is 0. The van der Waals surface area contributed by atoms with Gasteiger partial charge in [0, 0.05) is 27.4 Å². The van der Waals surface area contributed by atoms with E-state index < -0.39 is 6.43 Å². The van der Waals surface area contributed by atoms with Crippen molar-refractivity contribution in [1.82, 2.24) is 4.98 Å². The number of rotatable bonds is 3. The Balaban J connectivity index is 3.27. The number of nitrogens with zero attached hydrogens (tertiary/aromatic N) is 2. The van der Waals surface area contributed by atoms with E-state index in [1.54, 1.807) is 0 Å². The molecule has 0 atom stereocenters. The van der Waals surface area contributed by atoms with Crippen molar-refractivity contribution >= 4 is 22.6 Å². The minimum Gasteiger partial charge on any atom is -0.326 e. The molecule has 0 spiro atoms. The molecule has 6 heteroatoms. The van der Waals surface area contributed by atoms with Gasteiger partial charge in [-0.1, -0.05) is 0 Å². The molecule has 0 bridgehead atoms. The summed E-state index contributed by atoms with van der Waals surface area (Å²) in [6, 6.07) is 1.93. The Labute approximate surface area is 99.4 Å². The highest BCUT2D eigenvalue weighted by atomic mass is 127. The number of hydrogen-bond acceptors (Lipinski definition) is 3. The Kier molecular flexibility index (Phi) is 4.35. The Bertz CT molecular complexity index is 401. The van der Waals surface area contributed by atoms with Gasteiger partial charge in [0.1, 0.15) is 0 Å². The van der Waals surface area contributed by atoms with Gasteiger partial charge in [0.05, 0.1) is 18.2 Å². The topological polar surface area (TPSA) is 62.7 Å². The summed E-state index contributed by atoms with van der Waals surface area (Å²) < 4.78 is 25.4. The molecule has 0 unspecified atom stereocenters. The average Bonchev–Trinajstić information content (AvgIpc) is 2.18. The molecule has 0 aliphatic heterocycles. The van der Waals surface area contributed by atoms with E-state index in [9.17, 15) is 8.78 Å². The Morgan fingerprint density at radius 3 is 2.73 bits per heavy atom. The van der Waals surface area contributed by atoms with Crippen molar-refractivity contribution in [3.05, 3.63) is 26.6 Å². The van der Waals surface area contributed by atoms with E-state index in [1.807, 2.05) is 28.7 Å². The SMILES string of the molecule is N#CCc1ncc(C(F)F)c(I)c1CN. The first-order chi connectivity index (χ1) is 7.11. The van der Waals surface area contributed by atoms with Crippen molar-refractivity contribution in [2.24, 2.45) is 5.73 Å². The molecule has 15 heavy (non-hydrogen) atoms. The Morgan fingerprint density at radius 1 is 1.60 bits per heavy atom. The van der Waals surface area contributed by atoms with Gasteiger partial charge in [-0.05, 0) is 22.6 Å². The van der Waals surface area contributed by atoms with Crippen LogP contribution in [0.1, 0.15) is 23.2 Å². The highest BCUT2D eigenvalue weighted by Crippen LogP contribution is 2.27. The second-order valence-electron chi connectivity index (χ2n) is 2.79. The predicted molar refractivity (Wildman–Crippen MR) is 59.1 cm³/mol. The van der Waals surface area contributed by atoms with Gasteiger partial charge in [0.25, 0.3) is 6.43 Å². The van der Waals surface area contributed by atoms with Crippen molar-refractivity contribution in [2.75, 3.05) is 0 Å². The number of pyridine rings is 1. The third-order valence-corrected chi connectivity index (χ3v) is 3.19. The molecule has 0 saturated carbocycles. The predicted octanol–water partition coefficient (Wildman–Crippen LogP) is 2.15. The van der Waals surface area contributed by atoms with Crippen LogP contribution in [0.2, 0.25) is 0 Å². The summed E-state index contributed by atoms with van der Waals surface area (Å²) in [5.74, 6) is 0. The second-order valence-corrected chi connectivity index (χ2v) is 3.87. The van der Waals surface area contributed by atoms with Gasteiger partial charge in [0.2, 0.25) is 0 Å². The van der Waals surface area contributed by atoms with E-state index in [0.717, 1.165) is 6.20 Å². The number of alkyl halides is 2. The fourth-order valence-corrected chi connectivity index (χ4v) is 2.08. The molecule has 3 nitrogen and oxygen atoms in total. The van der Waals surface area contributed by atoms with Crippen LogP contribution in [0.3, 0.4) is 0 Å². The summed E-state index contributed by atoms with van der Waals surface area (Å²) >= 11 is 1.81. The molecule has 80 valence electrons. The van der Waals surface area contributed by atoms with E-state index in [1.165, 1.54) is 0 Å². The van der Waals surface area contributed by atoms with Gasteiger partial charge in [-0.25, -0.2) is 8.78 Å². The molecule has 1 heterocycles. The van der Waals surface area contributed by atoms with Crippen LogP contribution in [-0.2, 0) is 13.0 Å². The average molecular weight is 323 g/mol. The third kappa shape index (κ3) is 2.60. The molecule has 0 aliphatic carbocycles. The summed E-state index contributed by atoms with van der Waals surface area (Å²) in [5.41, 5.74) is 6.34. The molecule has 0 saturated heterocycles. The van der Waals surface area contributed by atoms with Crippen LogP contribution in [0.5, 0.6) is 0 Å². The molecule has 2 N–H and O–H groups in total.